The lowest BCUT2D eigenvalue weighted by Crippen LogP contribution is -2.37. The Morgan fingerprint density at radius 3 is 2.18 bits per heavy atom. The molecule has 0 heterocycles. The van der Waals surface area contributed by atoms with Crippen LogP contribution in [0.25, 0.3) is 0 Å². The molecule has 7 nitrogen and oxygen atoms in total. The van der Waals surface area contributed by atoms with Gasteiger partial charge in [0.15, 0.2) is 5.78 Å². The van der Waals surface area contributed by atoms with Gasteiger partial charge >= 0.3 is 0 Å². The maximum absolute atomic E-state index is 13.4. The third kappa shape index (κ3) is 6.19. The zero-order valence-corrected chi connectivity index (χ0v) is 19.7. The topological polar surface area (TPSA) is 92.8 Å². The normalized spacial score (nSPS) is 11.3. The summed E-state index contributed by atoms with van der Waals surface area (Å²) >= 11 is 6.24. The van der Waals surface area contributed by atoms with Gasteiger partial charge in [0, 0.05) is 22.8 Å². The highest BCUT2D eigenvalue weighted by atomic mass is 35.5. The van der Waals surface area contributed by atoms with Crippen LogP contribution in [0.3, 0.4) is 0 Å². The fraction of sp³-hybridized carbons (Fsp3) is 0.167. The molecule has 1 N–H and O–H groups in total. The molecule has 172 valence electrons. The summed E-state index contributed by atoms with van der Waals surface area (Å²) in [5, 5.41) is 3.08. The minimum Gasteiger partial charge on any atom is -0.497 e. The largest absolute Gasteiger partial charge is 0.497 e. The van der Waals surface area contributed by atoms with Crippen molar-refractivity contribution in [3.63, 3.8) is 0 Å². The maximum atomic E-state index is 13.4. The Morgan fingerprint density at radius 2 is 1.61 bits per heavy atom. The van der Waals surface area contributed by atoms with E-state index in [1.54, 1.807) is 48.5 Å². The molecule has 1 amide bonds. The number of ether oxygens (including phenoxy) is 1. The zero-order chi connectivity index (χ0) is 24.0. The third-order valence-electron chi connectivity index (χ3n) is 4.90. The first-order valence-electron chi connectivity index (χ1n) is 9.99. The molecular weight excluding hydrogens is 464 g/mol. The summed E-state index contributed by atoms with van der Waals surface area (Å²) in [6, 6.07) is 19.1. The first kappa shape index (κ1) is 24.4. The number of sulfonamides is 1. The van der Waals surface area contributed by atoms with E-state index < -0.39 is 22.5 Å². The number of halogens is 1. The molecule has 0 saturated heterocycles. The van der Waals surface area contributed by atoms with Crippen molar-refractivity contribution in [2.45, 2.75) is 18.4 Å². The second kappa shape index (κ2) is 10.6. The lowest BCUT2D eigenvalue weighted by molar-refractivity contribution is -0.116. The van der Waals surface area contributed by atoms with Gasteiger partial charge < -0.3 is 10.1 Å². The van der Waals surface area contributed by atoms with E-state index in [9.17, 15) is 18.0 Å². The van der Waals surface area contributed by atoms with Crippen molar-refractivity contribution in [3.05, 3.63) is 88.9 Å². The molecule has 0 radical (unpaired) electrons. The van der Waals surface area contributed by atoms with Crippen molar-refractivity contribution >= 4 is 39.0 Å². The number of hydrogen-bond donors (Lipinski definition) is 1. The summed E-state index contributed by atoms with van der Waals surface area (Å²) < 4.78 is 33.0. The van der Waals surface area contributed by atoms with Gasteiger partial charge in [0.25, 0.3) is 0 Å². The molecule has 0 aliphatic heterocycles. The highest BCUT2D eigenvalue weighted by molar-refractivity contribution is 7.89. The van der Waals surface area contributed by atoms with Gasteiger partial charge in [-0.3, -0.25) is 9.59 Å². The van der Waals surface area contributed by atoms with E-state index in [2.05, 4.69) is 5.32 Å². The lowest BCUT2D eigenvalue weighted by atomic mass is 10.2. The highest BCUT2D eigenvalue weighted by Crippen LogP contribution is 2.23. The van der Waals surface area contributed by atoms with Crippen LogP contribution in [0.5, 0.6) is 5.75 Å². The van der Waals surface area contributed by atoms with Crippen molar-refractivity contribution in [2.75, 3.05) is 19.0 Å². The van der Waals surface area contributed by atoms with Crippen molar-refractivity contribution in [1.29, 1.82) is 0 Å². The van der Waals surface area contributed by atoms with Gasteiger partial charge in [-0.15, -0.1) is 0 Å². The third-order valence-corrected chi connectivity index (χ3v) is 7.07. The number of hydrogen-bond acceptors (Lipinski definition) is 5. The zero-order valence-electron chi connectivity index (χ0n) is 18.1. The van der Waals surface area contributed by atoms with Crippen molar-refractivity contribution < 1.29 is 22.7 Å². The van der Waals surface area contributed by atoms with Crippen molar-refractivity contribution in [3.8, 4) is 5.75 Å². The van der Waals surface area contributed by atoms with Gasteiger partial charge in [0.05, 0.1) is 18.6 Å². The smallest absolute Gasteiger partial charge is 0.243 e. The Hall–Kier alpha value is -3.20. The van der Waals surface area contributed by atoms with E-state index in [0.29, 0.717) is 27.6 Å². The Kier molecular flexibility index (Phi) is 7.86. The standard InChI is InChI=1S/C24H23ClN2O5S/c1-17(28)18-7-13-22(14-8-18)33(30,31)27(15-19-5-3-4-6-23(19)25)16-24(29)26-20-9-11-21(32-2)12-10-20/h3-14H,15-16H2,1-2H3,(H,26,29). The van der Waals surface area contributed by atoms with Crippen LogP contribution >= 0.6 is 11.6 Å². The number of carbonyl (C=O) groups excluding carboxylic acids is 2. The monoisotopic (exact) mass is 486 g/mol. The van der Waals surface area contributed by atoms with Crippen LogP contribution in [0.4, 0.5) is 5.69 Å². The van der Waals surface area contributed by atoms with Gasteiger partial charge in [-0.2, -0.15) is 4.31 Å². The Bertz CT molecular complexity index is 1240. The molecule has 0 aliphatic rings. The summed E-state index contributed by atoms with van der Waals surface area (Å²) in [6.07, 6.45) is 0. The van der Waals surface area contributed by atoms with Gasteiger partial charge in [0.1, 0.15) is 5.75 Å². The van der Waals surface area contributed by atoms with E-state index in [0.717, 1.165) is 4.31 Å². The molecule has 0 aromatic heterocycles. The van der Waals surface area contributed by atoms with Gasteiger partial charge in [-0.05, 0) is 55.0 Å². The van der Waals surface area contributed by atoms with Crippen LogP contribution in [-0.2, 0) is 21.4 Å². The molecule has 0 spiro atoms. The minimum atomic E-state index is -4.07. The number of Topliss-reactive ketones (excluding diaryl/α,β-unsaturated/α-hetero) is 1. The Balaban J connectivity index is 1.88. The molecule has 9 heteroatoms. The first-order valence-corrected chi connectivity index (χ1v) is 11.8. The number of benzene rings is 3. The van der Waals surface area contributed by atoms with Crippen LogP contribution in [0.2, 0.25) is 5.02 Å². The second-order valence-corrected chi connectivity index (χ2v) is 9.57. The average molecular weight is 487 g/mol. The average Bonchev–Trinajstić information content (AvgIpc) is 2.80. The quantitative estimate of drug-likeness (QED) is 0.453. The maximum Gasteiger partial charge on any atom is 0.243 e. The molecule has 0 unspecified atom stereocenters. The van der Waals surface area contributed by atoms with Crippen LogP contribution in [-0.4, -0.2) is 38.1 Å². The van der Waals surface area contributed by atoms with E-state index in [1.165, 1.54) is 38.3 Å². The molecule has 33 heavy (non-hydrogen) atoms. The minimum absolute atomic E-state index is 0.0307. The predicted molar refractivity (Wildman–Crippen MR) is 127 cm³/mol. The predicted octanol–water partition coefficient (Wildman–Crippen LogP) is 4.38. The first-order chi connectivity index (χ1) is 15.7. The molecule has 0 fully saturated rings. The van der Waals surface area contributed by atoms with Gasteiger partial charge in [-0.1, -0.05) is 41.9 Å². The number of rotatable bonds is 9. The Labute approximate surface area is 198 Å². The molecule has 0 atom stereocenters. The number of anilines is 1. The van der Waals surface area contributed by atoms with E-state index in [-0.39, 0.29) is 17.2 Å². The molecule has 0 bridgehead atoms. The van der Waals surface area contributed by atoms with Gasteiger partial charge in [0.2, 0.25) is 15.9 Å². The number of nitrogens with zero attached hydrogens (tertiary/aromatic N) is 1. The van der Waals surface area contributed by atoms with Crippen molar-refractivity contribution in [1.82, 2.24) is 4.31 Å². The number of nitrogens with one attached hydrogen (secondary N) is 1. The Morgan fingerprint density at radius 1 is 0.970 bits per heavy atom. The molecule has 3 aromatic carbocycles. The molecule has 3 rings (SSSR count). The number of amides is 1. The fourth-order valence-electron chi connectivity index (χ4n) is 3.09. The van der Waals surface area contributed by atoms with E-state index in [1.807, 2.05) is 0 Å². The second-order valence-electron chi connectivity index (χ2n) is 7.22. The number of carbonyl (C=O) groups is 2. The fourth-order valence-corrected chi connectivity index (χ4v) is 4.66. The highest BCUT2D eigenvalue weighted by Gasteiger charge is 2.27. The number of ketones is 1. The summed E-state index contributed by atoms with van der Waals surface area (Å²) in [6.45, 7) is 0.858. The van der Waals surface area contributed by atoms with Crippen LogP contribution in [0.15, 0.2) is 77.7 Å². The van der Waals surface area contributed by atoms with Gasteiger partial charge in [-0.25, -0.2) is 8.42 Å². The summed E-state index contributed by atoms with van der Waals surface area (Å²) in [7, 11) is -2.54. The molecular formula is C24H23ClN2O5S. The van der Waals surface area contributed by atoms with Crippen molar-refractivity contribution in [2.24, 2.45) is 0 Å². The van der Waals surface area contributed by atoms with Crippen LogP contribution < -0.4 is 10.1 Å². The summed E-state index contributed by atoms with van der Waals surface area (Å²) in [4.78, 5) is 24.3. The molecule has 0 aliphatic carbocycles. The molecule has 3 aromatic rings. The summed E-state index contributed by atoms with van der Waals surface area (Å²) in [5.41, 5.74) is 1.45. The van der Waals surface area contributed by atoms with E-state index in [4.69, 9.17) is 16.3 Å². The number of methoxy groups -OCH3 is 1. The van der Waals surface area contributed by atoms with Crippen LogP contribution in [0, 0.1) is 0 Å². The SMILES string of the molecule is COc1ccc(NC(=O)CN(Cc2ccccc2Cl)S(=O)(=O)c2ccc(C(C)=O)cc2)cc1. The lowest BCUT2D eigenvalue weighted by Gasteiger charge is -2.22. The van der Waals surface area contributed by atoms with Crippen LogP contribution in [0.1, 0.15) is 22.8 Å². The van der Waals surface area contributed by atoms with E-state index >= 15 is 0 Å². The molecule has 0 saturated carbocycles. The summed E-state index contributed by atoms with van der Waals surface area (Å²) in [5.74, 6) is -0.0631.